The van der Waals surface area contributed by atoms with Gasteiger partial charge in [-0.2, -0.15) is 0 Å². The molecule has 18 heavy (non-hydrogen) atoms. The Labute approximate surface area is 107 Å². The molecule has 1 aliphatic rings. The van der Waals surface area contributed by atoms with Gasteiger partial charge in [0.2, 0.25) is 0 Å². The fourth-order valence-corrected chi connectivity index (χ4v) is 2.26. The van der Waals surface area contributed by atoms with E-state index in [1.54, 1.807) is 25.6 Å². The summed E-state index contributed by atoms with van der Waals surface area (Å²) in [5.41, 5.74) is 0.540. The summed E-state index contributed by atoms with van der Waals surface area (Å²) < 4.78 is 5.14. The summed E-state index contributed by atoms with van der Waals surface area (Å²) in [6, 6.07) is 2.36. The van der Waals surface area contributed by atoms with E-state index in [0.29, 0.717) is 17.4 Å². The third-order valence-electron chi connectivity index (χ3n) is 3.21. The van der Waals surface area contributed by atoms with Crippen molar-refractivity contribution in [1.29, 1.82) is 0 Å². The summed E-state index contributed by atoms with van der Waals surface area (Å²) in [6.45, 7) is 3.07. The second-order valence-electron chi connectivity index (χ2n) is 4.63. The Kier molecular flexibility index (Phi) is 4.15. The number of piperidine rings is 1. The van der Waals surface area contributed by atoms with Crippen molar-refractivity contribution < 1.29 is 9.53 Å². The molecule has 0 saturated carbocycles. The van der Waals surface area contributed by atoms with Crippen molar-refractivity contribution in [3.8, 4) is 5.75 Å². The lowest BCUT2D eigenvalue weighted by atomic mass is 10.0. The van der Waals surface area contributed by atoms with E-state index in [4.69, 9.17) is 4.74 Å². The van der Waals surface area contributed by atoms with Crippen LogP contribution in [0.25, 0.3) is 0 Å². The molecule has 2 atom stereocenters. The Hall–Kier alpha value is -1.62. The summed E-state index contributed by atoms with van der Waals surface area (Å²) in [4.78, 5) is 16.1. The van der Waals surface area contributed by atoms with Gasteiger partial charge in [-0.25, -0.2) is 0 Å². The van der Waals surface area contributed by atoms with Crippen LogP contribution in [0, 0.1) is 0 Å². The summed E-state index contributed by atoms with van der Waals surface area (Å²) >= 11 is 0. The molecule has 1 aromatic heterocycles. The molecule has 2 N–H and O–H groups in total. The van der Waals surface area contributed by atoms with Crippen LogP contribution < -0.4 is 15.4 Å². The monoisotopic (exact) mass is 249 g/mol. The van der Waals surface area contributed by atoms with Gasteiger partial charge in [-0.15, -0.1) is 0 Å². The van der Waals surface area contributed by atoms with Crippen LogP contribution in [-0.4, -0.2) is 36.6 Å². The van der Waals surface area contributed by atoms with Gasteiger partial charge >= 0.3 is 0 Å². The van der Waals surface area contributed by atoms with Gasteiger partial charge in [0.25, 0.3) is 5.91 Å². The second kappa shape index (κ2) is 5.82. The van der Waals surface area contributed by atoms with E-state index in [1.165, 1.54) is 0 Å². The zero-order valence-electron chi connectivity index (χ0n) is 10.8. The average Bonchev–Trinajstić information content (AvgIpc) is 2.38. The van der Waals surface area contributed by atoms with E-state index in [2.05, 4.69) is 22.5 Å². The van der Waals surface area contributed by atoms with E-state index in [9.17, 15) is 4.79 Å². The molecule has 0 spiro atoms. The lowest BCUT2D eigenvalue weighted by Crippen LogP contribution is -2.46. The van der Waals surface area contributed by atoms with Gasteiger partial charge in [0.05, 0.1) is 18.9 Å². The highest BCUT2D eigenvalue weighted by Crippen LogP contribution is 2.16. The van der Waals surface area contributed by atoms with Gasteiger partial charge < -0.3 is 15.4 Å². The fraction of sp³-hybridized carbons (Fsp3) is 0.538. The minimum atomic E-state index is -0.0895. The van der Waals surface area contributed by atoms with Crippen molar-refractivity contribution in [2.24, 2.45) is 0 Å². The molecular weight excluding hydrogens is 230 g/mol. The van der Waals surface area contributed by atoms with Crippen molar-refractivity contribution in [1.82, 2.24) is 15.6 Å². The van der Waals surface area contributed by atoms with Crippen LogP contribution in [0.4, 0.5) is 0 Å². The molecule has 5 nitrogen and oxygen atoms in total. The standard InChI is InChI=1S/C13H19N3O2/c1-9-7-10(3-6-15-9)16-13(17)11-4-5-14-8-12(11)18-2/h4-5,8-10,15H,3,6-7H2,1-2H3,(H,16,17). The van der Waals surface area contributed by atoms with Gasteiger partial charge in [-0.05, 0) is 32.4 Å². The number of rotatable bonds is 3. The van der Waals surface area contributed by atoms with Crippen LogP contribution in [0.15, 0.2) is 18.5 Å². The Morgan fingerprint density at radius 3 is 3.17 bits per heavy atom. The Morgan fingerprint density at radius 2 is 2.44 bits per heavy atom. The molecule has 1 amide bonds. The summed E-state index contributed by atoms with van der Waals surface area (Å²) in [5, 5.41) is 6.42. The van der Waals surface area contributed by atoms with Crippen LogP contribution >= 0.6 is 0 Å². The van der Waals surface area contributed by atoms with Crippen molar-refractivity contribution in [2.75, 3.05) is 13.7 Å². The number of aromatic nitrogens is 1. The fourth-order valence-electron chi connectivity index (χ4n) is 2.26. The topological polar surface area (TPSA) is 63.2 Å². The molecule has 1 fully saturated rings. The van der Waals surface area contributed by atoms with Gasteiger partial charge in [-0.3, -0.25) is 9.78 Å². The maximum Gasteiger partial charge on any atom is 0.255 e. The maximum atomic E-state index is 12.2. The quantitative estimate of drug-likeness (QED) is 0.837. The minimum Gasteiger partial charge on any atom is -0.494 e. The van der Waals surface area contributed by atoms with Gasteiger partial charge in [0.15, 0.2) is 0 Å². The third-order valence-corrected chi connectivity index (χ3v) is 3.21. The van der Waals surface area contributed by atoms with E-state index in [-0.39, 0.29) is 11.9 Å². The lowest BCUT2D eigenvalue weighted by molar-refractivity contribution is 0.0922. The highest BCUT2D eigenvalue weighted by atomic mass is 16.5. The molecule has 5 heteroatoms. The molecular formula is C13H19N3O2. The highest BCUT2D eigenvalue weighted by Gasteiger charge is 2.21. The predicted octanol–water partition coefficient (Wildman–Crippen LogP) is 0.960. The smallest absolute Gasteiger partial charge is 0.255 e. The maximum absolute atomic E-state index is 12.2. The molecule has 2 heterocycles. The second-order valence-corrected chi connectivity index (χ2v) is 4.63. The number of nitrogens with zero attached hydrogens (tertiary/aromatic N) is 1. The average molecular weight is 249 g/mol. The normalized spacial score (nSPS) is 23.4. The van der Waals surface area contributed by atoms with Crippen LogP contribution in [-0.2, 0) is 0 Å². The van der Waals surface area contributed by atoms with E-state index in [1.807, 2.05) is 0 Å². The number of pyridine rings is 1. The van der Waals surface area contributed by atoms with Crippen LogP contribution in [0.5, 0.6) is 5.75 Å². The first kappa shape index (κ1) is 12.8. The van der Waals surface area contributed by atoms with Gasteiger partial charge in [-0.1, -0.05) is 0 Å². The minimum absolute atomic E-state index is 0.0895. The molecule has 1 aliphatic heterocycles. The number of nitrogens with one attached hydrogen (secondary N) is 2. The Bertz CT molecular complexity index is 422. The van der Waals surface area contributed by atoms with Gasteiger partial charge in [0, 0.05) is 18.3 Å². The summed E-state index contributed by atoms with van der Waals surface area (Å²) in [6.07, 6.45) is 5.07. The number of hydrogen-bond donors (Lipinski definition) is 2. The Balaban J connectivity index is 2.03. The first-order valence-corrected chi connectivity index (χ1v) is 6.23. The summed E-state index contributed by atoms with van der Waals surface area (Å²) in [7, 11) is 1.54. The molecule has 2 unspecified atom stereocenters. The van der Waals surface area contributed by atoms with Crippen molar-refractivity contribution in [3.05, 3.63) is 24.0 Å². The largest absolute Gasteiger partial charge is 0.494 e. The number of carbonyl (C=O) groups excluding carboxylic acids is 1. The number of amides is 1. The van der Waals surface area contributed by atoms with Crippen LogP contribution in [0.1, 0.15) is 30.1 Å². The van der Waals surface area contributed by atoms with Crippen molar-refractivity contribution >= 4 is 5.91 Å². The zero-order valence-corrected chi connectivity index (χ0v) is 10.8. The lowest BCUT2D eigenvalue weighted by Gasteiger charge is -2.28. The molecule has 1 saturated heterocycles. The Morgan fingerprint density at radius 1 is 1.61 bits per heavy atom. The van der Waals surface area contributed by atoms with E-state index >= 15 is 0 Å². The molecule has 98 valence electrons. The third kappa shape index (κ3) is 2.98. The molecule has 0 aromatic carbocycles. The molecule has 0 radical (unpaired) electrons. The SMILES string of the molecule is COc1cnccc1C(=O)NC1CCNC(C)C1. The molecule has 0 bridgehead atoms. The number of ether oxygens (including phenoxy) is 1. The van der Waals surface area contributed by atoms with E-state index < -0.39 is 0 Å². The molecule has 0 aliphatic carbocycles. The number of hydrogen-bond acceptors (Lipinski definition) is 4. The van der Waals surface area contributed by atoms with E-state index in [0.717, 1.165) is 19.4 Å². The summed E-state index contributed by atoms with van der Waals surface area (Å²) in [5.74, 6) is 0.422. The predicted molar refractivity (Wildman–Crippen MR) is 68.7 cm³/mol. The highest BCUT2D eigenvalue weighted by molar-refractivity contribution is 5.96. The zero-order chi connectivity index (χ0) is 13.0. The molecule has 2 rings (SSSR count). The first-order chi connectivity index (χ1) is 8.70. The van der Waals surface area contributed by atoms with Crippen molar-refractivity contribution in [3.63, 3.8) is 0 Å². The molecule has 1 aromatic rings. The van der Waals surface area contributed by atoms with Crippen LogP contribution in [0.2, 0.25) is 0 Å². The first-order valence-electron chi connectivity index (χ1n) is 6.23. The van der Waals surface area contributed by atoms with Gasteiger partial charge in [0.1, 0.15) is 5.75 Å². The number of methoxy groups -OCH3 is 1. The number of carbonyl (C=O) groups is 1. The van der Waals surface area contributed by atoms with Crippen molar-refractivity contribution in [2.45, 2.75) is 31.8 Å². The van der Waals surface area contributed by atoms with Crippen LogP contribution in [0.3, 0.4) is 0 Å².